The monoisotopic (exact) mass is 311 g/mol. The molecule has 1 aromatic heterocycles. The number of hydrogen-bond acceptors (Lipinski definition) is 5. The second kappa shape index (κ2) is 6.31. The number of oxazole rings is 1. The Morgan fingerprint density at radius 1 is 1.13 bits per heavy atom. The number of esters is 1. The smallest absolute Gasteiger partial charge is 0.419 e. The number of aldehydes is 1. The zero-order valence-electron chi connectivity index (χ0n) is 12.1. The van der Waals surface area contributed by atoms with Crippen LogP contribution in [0.4, 0.5) is 0 Å². The predicted octanol–water partition coefficient (Wildman–Crippen LogP) is 2.40. The average molecular weight is 311 g/mol. The predicted molar refractivity (Wildman–Crippen MR) is 82.6 cm³/mol. The number of hydrogen-bond donors (Lipinski definition) is 0. The molecule has 0 aliphatic rings. The summed E-state index contributed by atoms with van der Waals surface area (Å²) in [6.07, 6.45) is 0.737. The molecular weight excluding hydrogens is 298 g/mol. The van der Waals surface area contributed by atoms with E-state index in [1.807, 2.05) is 0 Å². The molecule has 3 rings (SSSR count). The van der Waals surface area contributed by atoms with Crippen molar-refractivity contribution in [1.29, 1.82) is 0 Å². The van der Waals surface area contributed by atoms with Gasteiger partial charge in [-0.3, -0.25) is 14.2 Å². The van der Waals surface area contributed by atoms with Crippen LogP contribution in [0.5, 0.6) is 5.75 Å². The van der Waals surface area contributed by atoms with Gasteiger partial charge in [-0.05, 0) is 36.4 Å². The van der Waals surface area contributed by atoms with Gasteiger partial charge in [-0.1, -0.05) is 12.1 Å². The number of carbonyl (C=O) groups is 2. The Morgan fingerprint density at radius 3 is 2.61 bits per heavy atom. The first-order chi connectivity index (χ1) is 11.2. The summed E-state index contributed by atoms with van der Waals surface area (Å²) < 4.78 is 11.7. The minimum Gasteiger partial charge on any atom is -0.426 e. The molecule has 0 saturated carbocycles. The Morgan fingerprint density at radius 2 is 1.87 bits per heavy atom. The lowest BCUT2D eigenvalue weighted by Gasteiger charge is -2.05. The highest BCUT2D eigenvalue weighted by molar-refractivity contribution is 5.76. The normalized spacial score (nSPS) is 10.6. The number of ether oxygens (including phenoxy) is 1. The Bertz CT molecular complexity index is 905. The number of benzene rings is 2. The number of carbonyl (C=O) groups excluding carboxylic acids is 2. The van der Waals surface area contributed by atoms with Crippen molar-refractivity contribution in [3.63, 3.8) is 0 Å². The van der Waals surface area contributed by atoms with Gasteiger partial charge in [-0.25, -0.2) is 4.79 Å². The van der Waals surface area contributed by atoms with Crippen molar-refractivity contribution in [3.8, 4) is 5.75 Å². The molecular formula is C17H13NO5. The van der Waals surface area contributed by atoms with Crippen molar-refractivity contribution in [2.75, 3.05) is 0 Å². The Hall–Kier alpha value is -3.15. The first-order valence-electron chi connectivity index (χ1n) is 7.01. The first-order valence-corrected chi connectivity index (χ1v) is 7.01. The maximum absolute atomic E-state index is 11.9. The maximum atomic E-state index is 11.9. The van der Waals surface area contributed by atoms with E-state index in [1.54, 1.807) is 48.5 Å². The maximum Gasteiger partial charge on any atom is 0.419 e. The first kappa shape index (κ1) is 14.8. The van der Waals surface area contributed by atoms with Gasteiger partial charge in [-0.15, -0.1) is 0 Å². The minimum absolute atomic E-state index is 0.0267. The molecule has 0 atom stereocenters. The van der Waals surface area contributed by atoms with Crippen molar-refractivity contribution < 1.29 is 18.7 Å². The largest absolute Gasteiger partial charge is 0.426 e. The molecule has 1 heterocycles. The fourth-order valence-corrected chi connectivity index (χ4v) is 2.23. The third-order valence-electron chi connectivity index (χ3n) is 3.36. The molecule has 2 aromatic carbocycles. The highest BCUT2D eigenvalue weighted by atomic mass is 16.5. The molecule has 0 spiro atoms. The summed E-state index contributed by atoms with van der Waals surface area (Å²) in [4.78, 5) is 34.2. The summed E-state index contributed by atoms with van der Waals surface area (Å²) >= 11 is 0. The van der Waals surface area contributed by atoms with Gasteiger partial charge in [0.05, 0.1) is 11.9 Å². The molecule has 6 heteroatoms. The fourth-order valence-electron chi connectivity index (χ4n) is 2.23. The standard InChI is InChI=1S/C17H13NO5/c19-11-12-5-7-13(8-6-12)22-16(20)9-10-18-14-3-1-2-4-15(14)23-17(18)21/h1-8,11H,9-10H2. The van der Waals surface area contributed by atoms with Crippen LogP contribution in [-0.4, -0.2) is 16.8 Å². The van der Waals surface area contributed by atoms with E-state index < -0.39 is 11.7 Å². The second-order valence-corrected chi connectivity index (χ2v) is 4.90. The van der Waals surface area contributed by atoms with Gasteiger partial charge in [0.25, 0.3) is 0 Å². The molecule has 23 heavy (non-hydrogen) atoms. The summed E-state index contributed by atoms with van der Waals surface area (Å²) in [6, 6.07) is 13.2. The highest BCUT2D eigenvalue weighted by Gasteiger charge is 2.11. The van der Waals surface area contributed by atoms with Gasteiger partial charge in [0.2, 0.25) is 0 Å². The van der Waals surface area contributed by atoms with Crippen LogP contribution in [0, 0.1) is 0 Å². The molecule has 0 aliphatic carbocycles. The summed E-state index contributed by atoms with van der Waals surface area (Å²) in [6.45, 7) is 0.168. The molecule has 0 bridgehead atoms. The summed E-state index contributed by atoms with van der Waals surface area (Å²) in [5.41, 5.74) is 1.62. The number of rotatable bonds is 5. The van der Waals surface area contributed by atoms with E-state index >= 15 is 0 Å². The van der Waals surface area contributed by atoms with Gasteiger partial charge >= 0.3 is 11.7 Å². The Balaban J connectivity index is 1.67. The van der Waals surface area contributed by atoms with Crippen LogP contribution in [0.15, 0.2) is 57.7 Å². The van der Waals surface area contributed by atoms with Crippen LogP contribution in [0.3, 0.4) is 0 Å². The van der Waals surface area contributed by atoms with E-state index in [4.69, 9.17) is 9.15 Å². The molecule has 0 radical (unpaired) electrons. The lowest BCUT2D eigenvalue weighted by Crippen LogP contribution is -2.18. The molecule has 0 N–H and O–H groups in total. The van der Waals surface area contributed by atoms with Crippen molar-refractivity contribution in [2.24, 2.45) is 0 Å². The molecule has 6 nitrogen and oxygen atoms in total. The molecule has 0 unspecified atom stereocenters. The van der Waals surface area contributed by atoms with Gasteiger partial charge in [0.1, 0.15) is 12.0 Å². The molecule has 0 fully saturated rings. The Kier molecular flexibility index (Phi) is 4.05. The number of aromatic nitrogens is 1. The quantitative estimate of drug-likeness (QED) is 0.411. The van der Waals surface area contributed by atoms with Crippen LogP contribution in [0.2, 0.25) is 0 Å². The van der Waals surface area contributed by atoms with Crippen LogP contribution in [0.1, 0.15) is 16.8 Å². The number of para-hydroxylation sites is 2. The highest BCUT2D eigenvalue weighted by Crippen LogP contribution is 2.14. The van der Waals surface area contributed by atoms with Crippen molar-refractivity contribution in [1.82, 2.24) is 4.57 Å². The van der Waals surface area contributed by atoms with Gasteiger partial charge in [0, 0.05) is 12.1 Å². The fraction of sp³-hybridized carbons (Fsp3) is 0.118. The zero-order valence-corrected chi connectivity index (χ0v) is 12.1. The van der Waals surface area contributed by atoms with E-state index in [1.165, 1.54) is 4.57 Å². The SMILES string of the molecule is O=Cc1ccc(OC(=O)CCn2c(=O)oc3ccccc32)cc1. The minimum atomic E-state index is -0.505. The van der Waals surface area contributed by atoms with E-state index in [0.29, 0.717) is 28.7 Å². The summed E-state index contributed by atoms with van der Waals surface area (Å²) in [5, 5.41) is 0. The average Bonchev–Trinajstić information content (AvgIpc) is 2.89. The van der Waals surface area contributed by atoms with Crippen LogP contribution in [0.25, 0.3) is 11.1 Å². The summed E-state index contributed by atoms with van der Waals surface area (Å²) in [7, 11) is 0. The third kappa shape index (κ3) is 3.21. The van der Waals surface area contributed by atoms with Gasteiger partial charge < -0.3 is 9.15 Å². The van der Waals surface area contributed by atoms with E-state index in [9.17, 15) is 14.4 Å². The van der Waals surface area contributed by atoms with E-state index in [-0.39, 0.29) is 13.0 Å². The van der Waals surface area contributed by atoms with Gasteiger partial charge in [0.15, 0.2) is 5.58 Å². The lowest BCUT2D eigenvalue weighted by atomic mass is 10.2. The Labute approximate surface area is 130 Å². The topological polar surface area (TPSA) is 78.5 Å². The van der Waals surface area contributed by atoms with Crippen LogP contribution >= 0.6 is 0 Å². The third-order valence-corrected chi connectivity index (χ3v) is 3.36. The van der Waals surface area contributed by atoms with Crippen molar-refractivity contribution in [2.45, 2.75) is 13.0 Å². The number of nitrogens with zero attached hydrogens (tertiary/aromatic N) is 1. The molecule has 116 valence electrons. The lowest BCUT2D eigenvalue weighted by molar-refractivity contribution is -0.134. The second-order valence-electron chi connectivity index (χ2n) is 4.90. The van der Waals surface area contributed by atoms with Gasteiger partial charge in [-0.2, -0.15) is 0 Å². The number of fused-ring (bicyclic) bond motifs is 1. The van der Waals surface area contributed by atoms with Crippen LogP contribution < -0.4 is 10.5 Å². The van der Waals surface area contributed by atoms with E-state index in [2.05, 4.69) is 0 Å². The van der Waals surface area contributed by atoms with Crippen molar-refractivity contribution >= 4 is 23.4 Å². The molecule has 0 saturated heterocycles. The van der Waals surface area contributed by atoms with Crippen molar-refractivity contribution in [3.05, 3.63) is 64.6 Å². The van der Waals surface area contributed by atoms with Crippen LogP contribution in [-0.2, 0) is 11.3 Å². The number of aryl methyl sites for hydroxylation is 1. The zero-order chi connectivity index (χ0) is 16.2. The van der Waals surface area contributed by atoms with E-state index in [0.717, 1.165) is 0 Å². The molecule has 0 aliphatic heterocycles. The molecule has 3 aromatic rings. The summed E-state index contributed by atoms with van der Waals surface area (Å²) in [5.74, 6) is -0.625. The molecule has 0 amide bonds.